The first-order valence-electron chi connectivity index (χ1n) is 13.2. The van der Waals surface area contributed by atoms with Gasteiger partial charge in [-0.05, 0) is 66.9 Å². The number of aliphatic hydroxyl groups excluding tert-OH is 2. The molecular formula is C29H32F3N3O5S. The van der Waals surface area contributed by atoms with Crippen LogP contribution in [0.4, 0.5) is 24.5 Å². The largest absolute Gasteiger partial charge is 0.435 e. The molecule has 0 aromatic heterocycles. The van der Waals surface area contributed by atoms with Crippen LogP contribution in [0.15, 0.2) is 65.6 Å². The van der Waals surface area contributed by atoms with Crippen LogP contribution in [0.5, 0.6) is 5.75 Å². The minimum Gasteiger partial charge on any atom is -0.435 e. The molecule has 3 aromatic rings. The van der Waals surface area contributed by atoms with Gasteiger partial charge in [0.25, 0.3) is 10.0 Å². The maximum Gasteiger partial charge on any atom is 0.387 e. The van der Waals surface area contributed by atoms with Crippen molar-refractivity contribution in [1.82, 2.24) is 4.90 Å². The lowest BCUT2D eigenvalue weighted by atomic mass is 9.96. The van der Waals surface area contributed by atoms with Crippen molar-refractivity contribution in [2.24, 2.45) is 0 Å². The van der Waals surface area contributed by atoms with Gasteiger partial charge in [-0.3, -0.25) is 9.21 Å². The second kappa shape index (κ2) is 11.2. The van der Waals surface area contributed by atoms with Gasteiger partial charge in [-0.25, -0.2) is 12.8 Å². The summed E-state index contributed by atoms with van der Waals surface area (Å²) < 4.78 is 74.0. The number of sulfonamides is 1. The number of hydrogen-bond acceptors (Lipinski definition) is 7. The third-order valence-corrected chi connectivity index (χ3v) is 9.64. The van der Waals surface area contributed by atoms with Crippen molar-refractivity contribution in [1.29, 1.82) is 0 Å². The molecule has 3 aromatic carbocycles. The number of rotatable bonds is 8. The maximum absolute atomic E-state index is 14.4. The first kappa shape index (κ1) is 29.2. The summed E-state index contributed by atoms with van der Waals surface area (Å²) in [4.78, 5) is 4.19. The predicted molar refractivity (Wildman–Crippen MR) is 149 cm³/mol. The minimum atomic E-state index is -4.05. The SMILES string of the molecule is Cc1cccc(S(=O)(=O)N2C[C@@H]3CN(C(C)(CO)CO)CCN3c3ccc(-c4cc(F)cc(OC(F)F)c4)cc32)c1. The molecule has 2 aliphatic heterocycles. The Morgan fingerprint density at radius 1 is 0.976 bits per heavy atom. The third-order valence-electron chi connectivity index (χ3n) is 7.86. The molecule has 12 heteroatoms. The zero-order valence-corrected chi connectivity index (χ0v) is 23.5. The van der Waals surface area contributed by atoms with Crippen LogP contribution < -0.4 is 13.9 Å². The Morgan fingerprint density at radius 3 is 2.41 bits per heavy atom. The summed E-state index contributed by atoms with van der Waals surface area (Å²) in [5.74, 6) is -1.11. The second-order valence-electron chi connectivity index (χ2n) is 10.7. The molecule has 0 spiro atoms. The molecule has 2 N–H and O–H groups in total. The number of piperazine rings is 1. The molecule has 1 fully saturated rings. The van der Waals surface area contributed by atoms with Crippen molar-refractivity contribution < 1.29 is 36.5 Å². The average molecular weight is 592 g/mol. The molecule has 5 rings (SSSR count). The number of hydrogen-bond donors (Lipinski definition) is 2. The van der Waals surface area contributed by atoms with Gasteiger partial charge in [0.05, 0.1) is 47.6 Å². The number of ether oxygens (including phenoxy) is 1. The van der Waals surface area contributed by atoms with Crippen molar-refractivity contribution in [2.75, 3.05) is 48.6 Å². The molecule has 0 radical (unpaired) electrons. The summed E-state index contributed by atoms with van der Waals surface area (Å²) in [6, 6.07) is 14.7. The van der Waals surface area contributed by atoms with E-state index < -0.39 is 28.0 Å². The summed E-state index contributed by atoms with van der Waals surface area (Å²) in [7, 11) is -4.05. The standard InChI is InChI=1S/C29H32F3N3O5S/c1-19-4-3-5-25(10-19)41(38,39)35-16-23-15-33(29(2,17-36)18-37)8-9-34(23)26-7-6-20(13-27(26)35)21-11-22(30)14-24(12-21)40-28(31)32/h3-7,10-14,23,28,36-37H,8-9,15-18H2,1-2H3/t23-/m0/s1. The van der Waals surface area contributed by atoms with E-state index in [9.17, 15) is 31.8 Å². The number of anilines is 2. The quantitative estimate of drug-likeness (QED) is 0.411. The molecule has 2 aliphatic rings. The van der Waals surface area contributed by atoms with Gasteiger partial charge in [0, 0.05) is 25.7 Å². The number of halogens is 3. The topological polar surface area (TPSA) is 93.6 Å². The third kappa shape index (κ3) is 5.61. The van der Waals surface area contributed by atoms with E-state index in [1.54, 1.807) is 50.2 Å². The average Bonchev–Trinajstić information content (AvgIpc) is 2.95. The highest BCUT2D eigenvalue weighted by atomic mass is 32.2. The Morgan fingerprint density at radius 2 is 1.73 bits per heavy atom. The van der Waals surface area contributed by atoms with E-state index >= 15 is 0 Å². The number of benzene rings is 3. The van der Waals surface area contributed by atoms with Crippen LogP contribution in [-0.4, -0.2) is 81.1 Å². The molecule has 1 atom stereocenters. The van der Waals surface area contributed by atoms with Crippen molar-refractivity contribution >= 4 is 21.4 Å². The fourth-order valence-electron chi connectivity index (χ4n) is 5.54. The molecule has 0 bridgehead atoms. The molecule has 2 heterocycles. The number of aryl methyl sites for hydroxylation is 1. The first-order chi connectivity index (χ1) is 19.4. The lowest BCUT2D eigenvalue weighted by Crippen LogP contribution is -2.66. The highest BCUT2D eigenvalue weighted by Gasteiger charge is 2.43. The minimum absolute atomic E-state index is 0.0824. The highest BCUT2D eigenvalue weighted by Crippen LogP contribution is 2.43. The van der Waals surface area contributed by atoms with E-state index in [-0.39, 0.29) is 42.0 Å². The highest BCUT2D eigenvalue weighted by molar-refractivity contribution is 7.92. The summed E-state index contributed by atoms with van der Waals surface area (Å²) in [5.41, 5.74) is 1.61. The Balaban J connectivity index is 1.61. The van der Waals surface area contributed by atoms with Gasteiger partial charge >= 0.3 is 6.61 Å². The van der Waals surface area contributed by atoms with E-state index in [0.717, 1.165) is 11.6 Å². The van der Waals surface area contributed by atoms with Crippen molar-refractivity contribution in [3.05, 3.63) is 72.0 Å². The summed E-state index contributed by atoms with van der Waals surface area (Å²) in [6.07, 6.45) is 0. The van der Waals surface area contributed by atoms with Crippen LogP contribution in [0.3, 0.4) is 0 Å². The van der Waals surface area contributed by atoms with Gasteiger partial charge in [-0.1, -0.05) is 18.2 Å². The van der Waals surface area contributed by atoms with E-state index in [1.807, 2.05) is 4.90 Å². The summed E-state index contributed by atoms with van der Waals surface area (Å²) >= 11 is 0. The Bertz CT molecular complexity index is 1530. The van der Waals surface area contributed by atoms with E-state index in [0.29, 0.717) is 36.6 Å². The maximum atomic E-state index is 14.4. The molecule has 0 unspecified atom stereocenters. The lowest BCUT2D eigenvalue weighted by molar-refractivity contribution is -0.0499. The lowest BCUT2D eigenvalue weighted by Gasteiger charge is -2.52. The summed E-state index contributed by atoms with van der Waals surface area (Å²) in [6.45, 7) is 1.44. The smallest absolute Gasteiger partial charge is 0.387 e. The Hall–Kier alpha value is -3.32. The van der Waals surface area contributed by atoms with Gasteiger partial charge in [-0.15, -0.1) is 0 Å². The van der Waals surface area contributed by atoms with Crippen LogP contribution in [0, 0.1) is 12.7 Å². The van der Waals surface area contributed by atoms with Crippen molar-refractivity contribution in [3.63, 3.8) is 0 Å². The van der Waals surface area contributed by atoms with Crippen LogP contribution >= 0.6 is 0 Å². The molecule has 8 nitrogen and oxygen atoms in total. The number of aliphatic hydroxyl groups is 2. The van der Waals surface area contributed by atoms with Crippen LogP contribution in [0.2, 0.25) is 0 Å². The monoisotopic (exact) mass is 591 g/mol. The van der Waals surface area contributed by atoms with Gasteiger partial charge in [0.15, 0.2) is 0 Å². The van der Waals surface area contributed by atoms with E-state index in [1.165, 1.54) is 22.5 Å². The number of fused-ring (bicyclic) bond motifs is 3. The number of nitrogens with zero attached hydrogens (tertiary/aromatic N) is 3. The normalized spacial score (nSPS) is 17.9. The van der Waals surface area contributed by atoms with Gasteiger partial charge < -0.3 is 19.8 Å². The van der Waals surface area contributed by atoms with E-state index in [2.05, 4.69) is 9.64 Å². The molecule has 41 heavy (non-hydrogen) atoms. The van der Waals surface area contributed by atoms with Crippen LogP contribution in [-0.2, 0) is 10.0 Å². The molecule has 0 aliphatic carbocycles. The zero-order valence-electron chi connectivity index (χ0n) is 22.7. The molecule has 220 valence electrons. The fraction of sp³-hybridized carbons (Fsp3) is 0.379. The molecule has 0 amide bonds. The van der Waals surface area contributed by atoms with Crippen molar-refractivity contribution in [3.8, 4) is 16.9 Å². The van der Waals surface area contributed by atoms with Gasteiger partial charge in [0.1, 0.15) is 11.6 Å². The van der Waals surface area contributed by atoms with E-state index in [4.69, 9.17) is 0 Å². The molecule has 1 saturated heterocycles. The Labute approximate surface area is 237 Å². The van der Waals surface area contributed by atoms with Crippen LogP contribution in [0.25, 0.3) is 11.1 Å². The summed E-state index contributed by atoms with van der Waals surface area (Å²) in [5, 5.41) is 19.9. The fourth-order valence-corrected chi connectivity index (χ4v) is 7.15. The van der Waals surface area contributed by atoms with Crippen LogP contribution in [0.1, 0.15) is 12.5 Å². The molecule has 0 saturated carbocycles. The second-order valence-corrected chi connectivity index (χ2v) is 12.6. The van der Waals surface area contributed by atoms with Crippen molar-refractivity contribution in [2.45, 2.75) is 36.9 Å². The Kier molecular flexibility index (Phi) is 7.94. The molecular weight excluding hydrogens is 559 g/mol. The first-order valence-corrected chi connectivity index (χ1v) is 14.6. The zero-order chi connectivity index (χ0) is 29.5. The number of alkyl halides is 2. The predicted octanol–water partition coefficient (Wildman–Crippen LogP) is 3.85. The van der Waals surface area contributed by atoms with Gasteiger partial charge in [-0.2, -0.15) is 8.78 Å². The van der Waals surface area contributed by atoms with Gasteiger partial charge in [0.2, 0.25) is 0 Å².